The van der Waals surface area contributed by atoms with Gasteiger partial charge in [0.2, 0.25) is 5.78 Å². The number of rotatable bonds is 5. The number of halogens is 2. The Morgan fingerprint density at radius 1 is 0.975 bits per heavy atom. The number of hydrogen-bond acceptors (Lipinski definition) is 5. The average Bonchev–Trinajstić information content (AvgIpc) is 3.67. The van der Waals surface area contributed by atoms with Crippen molar-refractivity contribution in [3.05, 3.63) is 94.1 Å². The third-order valence-corrected chi connectivity index (χ3v) is 9.03. The SMILES string of the molecule is O=C(NC1CCC(O)CC1)c1cc(Cl)c(-c2cnc3ncc(C4(c5ccc6ncccc6c5)CC4)n3c2)cc1Cl. The summed E-state index contributed by atoms with van der Waals surface area (Å²) in [6.45, 7) is 0. The second kappa shape index (κ2) is 9.84. The van der Waals surface area contributed by atoms with Gasteiger partial charge < -0.3 is 10.4 Å². The summed E-state index contributed by atoms with van der Waals surface area (Å²) in [5.41, 5.74) is 4.97. The Balaban J connectivity index is 1.21. The third-order valence-electron chi connectivity index (χ3n) is 8.40. The number of aliphatic hydroxyl groups is 1. The van der Waals surface area contributed by atoms with Gasteiger partial charge in [-0.2, -0.15) is 0 Å². The predicted molar refractivity (Wildman–Crippen MR) is 156 cm³/mol. The normalized spacial score (nSPS) is 20.1. The van der Waals surface area contributed by atoms with E-state index in [1.165, 1.54) is 5.56 Å². The number of pyridine rings is 1. The zero-order valence-corrected chi connectivity index (χ0v) is 23.2. The molecule has 7 rings (SSSR count). The third kappa shape index (κ3) is 4.42. The van der Waals surface area contributed by atoms with Crippen molar-refractivity contribution in [2.24, 2.45) is 0 Å². The lowest BCUT2D eigenvalue weighted by Gasteiger charge is -2.26. The van der Waals surface area contributed by atoms with Gasteiger partial charge in [-0.25, -0.2) is 9.97 Å². The van der Waals surface area contributed by atoms with Gasteiger partial charge in [0.15, 0.2) is 0 Å². The van der Waals surface area contributed by atoms with Crippen molar-refractivity contribution in [1.82, 2.24) is 24.7 Å². The van der Waals surface area contributed by atoms with E-state index < -0.39 is 0 Å². The molecule has 202 valence electrons. The molecule has 0 radical (unpaired) electrons. The molecule has 2 fully saturated rings. The molecule has 1 amide bonds. The first-order valence-corrected chi connectivity index (χ1v) is 14.3. The minimum atomic E-state index is -0.285. The molecule has 2 N–H and O–H groups in total. The highest BCUT2D eigenvalue weighted by atomic mass is 35.5. The van der Waals surface area contributed by atoms with Gasteiger partial charge in [0, 0.05) is 51.6 Å². The van der Waals surface area contributed by atoms with Gasteiger partial charge in [0.1, 0.15) is 0 Å². The van der Waals surface area contributed by atoms with E-state index in [0.717, 1.165) is 47.8 Å². The van der Waals surface area contributed by atoms with Crippen LogP contribution in [0.15, 0.2) is 67.3 Å². The standard InChI is InChI=1S/C31H27Cl2N5O2/c32-25-14-24(29(40)37-21-4-6-22(39)7-5-21)26(33)13-23(25)19-15-35-30-36-16-28(38(30)17-19)31(9-10-31)20-3-8-27-18(12-20)2-1-11-34-27/h1-3,8,11-17,21-22,39H,4-7,9-10H2,(H,37,40). The van der Waals surface area contributed by atoms with Crippen LogP contribution in [0.1, 0.15) is 60.1 Å². The monoisotopic (exact) mass is 571 g/mol. The van der Waals surface area contributed by atoms with Crippen LogP contribution in [-0.2, 0) is 5.41 Å². The number of benzene rings is 2. The van der Waals surface area contributed by atoms with Crippen molar-refractivity contribution in [2.75, 3.05) is 0 Å². The van der Waals surface area contributed by atoms with Crippen LogP contribution in [0, 0.1) is 0 Å². The van der Waals surface area contributed by atoms with Gasteiger partial charge in [-0.1, -0.05) is 35.3 Å². The van der Waals surface area contributed by atoms with Crippen LogP contribution >= 0.6 is 23.2 Å². The van der Waals surface area contributed by atoms with E-state index in [1.54, 1.807) is 18.3 Å². The smallest absolute Gasteiger partial charge is 0.253 e. The molecular weight excluding hydrogens is 545 g/mol. The minimum Gasteiger partial charge on any atom is -0.393 e. The summed E-state index contributed by atoms with van der Waals surface area (Å²) < 4.78 is 2.04. The van der Waals surface area contributed by atoms with Crippen LogP contribution < -0.4 is 5.32 Å². The minimum absolute atomic E-state index is 0.0188. The highest BCUT2D eigenvalue weighted by Gasteiger charge is 2.48. The largest absolute Gasteiger partial charge is 0.393 e. The maximum Gasteiger partial charge on any atom is 0.253 e. The molecule has 9 heteroatoms. The van der Waals surface area contributed by atoms with E-state index in [1.807, 2.05) is 29.1 Å². The van der Waals surface area contributed by atoms with Gasteiger partial charge in [-0.3, -0.25) is 14.2 Å². The number of aromatic nitrogens is 4. The summed E-state index contributed by atoms with van der Waals surface area (Å²) in [4.78, 5) is 26.7. The predicted octanol–water partition coefficient (Wildman–Crippen LogP) is 6.36. The average molecular weight is 572 g/mol. The Hall–Kier alpha value is -3.52. The molecule has 2 aliphatic carbocycles. The first-order chi connectivity index (χ1) is 19.4. The van der Waals surface area contributed by atoms with Gasteiger partial charge >= 0.3 is 0 Å². The Kier molecular flexibility index (Phi) is 6.26. The molecule has 40 heavy (non-hydrogen) atoms. The summed E-state index contributed by atoms with van der Waals surface area (Å²) in [6.07, 6.45) is 12.1. The number of imidazole rings is 1. The molecule has 2 aliphatic rings. The van der Waals surface area contributed by atoms with Crippen LogP contribution in [0.5, 0.6) is 0 Å². The van der Waals surface area contributed by atoms with E-state index in [2.05, 4.69) is 44.5 Å². The summed E-state index contributed by atoms with van der Waals surface area (Å²) in [5.74, 6) is 0.356. The van der Waals surface area contributed by atoms with Crippen molar-refractivity contribution in [1.29, 1.82) is 0 Å². The Labute approximate surface area is 241 Å². The van der Waals surface area contributed by atoms with Crippen LogP contribution in [0.3, 0.4) is 0 Å². The number of amides is 1. The molecule has 5 aromatic rings. The van der Waals surface area contributed by atoms with Crippen LogP contribution in [0.25, 0.3) is 27.8 Å². The number of hydrogen-bond donors (Lipinski definition) is 2. The number of aliphatic hydroxyl groups excluding tert-OH is 1. The van der Waals surface area contributed by atoms with Crippen molar-refractivity contribution in [3.63, 3.8) is 0 Å². The fraction of sp³-hybridized carbons (Fsp3) is 0.290. The fourth-order valence-corrected chi connectivity index (χ4v) is 6.51. The van der Waals surface area contributed by atoms with E-state index in [9.17, 15) is 9.90 Å². The summed E-state index contributed by atoms with van der Waals surface area (Å²) in [6, 6.07) is 13.9. The number of nitrogens with zero attached hydrogens (tertiary/aromatic N) is 4. The molecule has 0 saturated heterocycles. The molecule has 2 aromatic carbocycles. The first-order valence-electron chi connectivity index (χ1n) is 13.6. The Bertz CT molecular complexity index is 1770. The molecule has 0 spiro atoms. The summed E-state index contributed by atoms with van der Waals surface area (Å²) >= 11 is 13.4. The van der Waals surface area contributed by atoms with Gasteiger partial charge in [0.05, 0.1) is 34.1 Å². The highest BCUT2D eigenvalue weighted by molar-refractivity contribution is 6.37. The molecule has 2 saturated carbocycles. The van der Waals surface area contributed by atoms with E-state index in [4.69, 9.17) is 23.2 Å². The summed E-state index contributed by atoms with van der Waals surface area (Å²) in [5, 5.41) is 14.6. The number of fused-ring (bicyclic) bond motifs is 2. The highest BCUT2D eigenvalue weighted by Crippen LogP contribution is 2.54. The Morgan fingerprint density at radius 2 is 1.77 bits per heavy atom. The number of carbonyl (C=O) groups excluding carboxylic acids is 1. The fourth-order valence-electron chi connectivity index (χ4n) is 5.98. The first kappa shape index (κ1) is 25.4. The van der Waals surface area contributed by atoms with E-state index in [-0.39, 0.29) is 23.5 Å². The maximum atomic E-state index is 13.0. The van der Waals surface area contributed by atoms with E-state index in [0.29, 0.717) is 39.8 Å². The topological polar surface area (TPSA) is 92.4 Å². The van der Waals surface area contributed by atoms with Crippen LogP contribution in [0.2, 0.25) is 10.0 Å². The van der Waals surface area contributed by atoms with Crippen molar-refractivity contribution in [2.45, 2.75) is 56.1 Å². The lowest BCUT2D eigenvalue weighted by Crippen LogP contribution is -2.38. The zero-order valence-electron chi connectivity index (χ0n) is 21.6. The molecular formula is C31H27Cl2N5O2. The second-order valence-corrected chi connectivity index (χ2v) is 11.8. The van der Waals surface area contributed by atoms with Crippen molar-refractivity contribution in [3.8, 4) is 11.1 Å². The molecule has 3 heterocycles. The van der Waals surface area contributed by atoms with Gasteiger partial charge in [-0.15, -0.1) is 0 Å². The molecule has 0 aliphatic heterocycles. The molecule has 3 aromatic heterocycles. The molecule has 0 bridgehead atoms. The number of carbonyl (C=O) groups is 1. The molecule has 7 nitrogen and oxygen atoms in total. The zero-order chi connectivity index (χ0) is 27.4. The maximum absolute atomic E-state index is 13.0. The lowest BCUT2D eigenvalue weighted by atomic mass is 9.91. The Morgan fingerprint density at radius 3 is 2.58 bits per heavy atom. The molecule has 0 unspecified atom stereocenters. The van der Waals surface area contributed by atoms with Crippen molar-refractivity contribution >= 4 is 45.8 Å². The molecule has 0 atom stereocenters. The second-order valence-electron chi connectivity index (χ2n) is 10.9. The van der Waals surface area contributed by atoms with Crippen LogP contribution in [0.4, 0.5) is 0 Å². The lowest BCUT2D eigenvalue weighted by molar-refractivity contribution is 0.0868. The summed E-state index contributed by atoms with van der Waals surface area (Å²) in [7, 11) is 0. The number of nitrogens with one attached hydrogen (secondary N) is 1. The van der Waals surface area contributed by atoms with Gasteiger partial charge in [0.25, 0.3) is 5.91 Å². The van der Waals surface area contributed by atoms with Crippen LogP contribution in [-0.4, -0.2) is 42.5 Å². The van der Waals surface area contributed by atoms with Gasteiger partial charge in [-0.05, 0) is 74.4 Å². The quantitative estimate of drug-likeness (QED) is 0.256. The van der Waals surface area contributed by atoms with Crippen molar-refractivity contribution < 1.29 is 9.90 Å². The van der Waals surface area contributed by atoms with E-state index >= 15 is 0 Å².